The number of ether oxygens (including phenoxy) is 1. The number of alkyl halides is 3. The zero-order valence-corrected chi connectivity index (χ0v) is 16.3. The fourth-order valence-electron chi connectivity index (χ4n) is 2.54. The molecule has 0 fully saturated rings. The zero-order chi connectivity index (χ0) is 21.4. The second-order valence-electron chi connectivity index (χ2n) is 6.15. The molecule has 0 aromatic heterocycles. The van der Waals surface area contributed by atoms with E-state index in [4.69, 9.17) is 4.74 Å². The molecule has 0 radical (unpaired) electrons. The maximum absolute atomic E-state index is 12.6. The molecule has 2 atom stereocenters. The highest BCUT2D eigenvalue weighted by atomic mass is 32.2. The van der Waals surface area contributed by atoms with Gasteiger partial charge in [-0.2, -0.15) is 24.9 Å². The molecule has 0 aliphatic rings. The number of nitrogens with one attached hydrogen (secondary N) is 1. The van der Waals surface area contributed by atoms with Gasteiger partial charge < -0.3 is 9.84 Å². The van der Waals surface area contributed by atoms with Crippen LogP contribution in [0.4, 0.5) is 13.2 Å². The second-order valence-corrected chi connectivity index (χ2v) is 7.19. The molecule has 0 saturated heterocycles. The van der Waals surface area contributed by atoms with Crippen LogP contribution in [0.5, 0.6) is 5.75 Å². The standard InChI is InChI=1S/C20H20F3NO4S/c1-29-18(19(27)24-12-25)10-13-2-8-16(9-3-13)28-11-17(26)14-4-6-15(7-5-14)20(21,22)23/h2-9,12,17-18,26H,10-11H2,1H3,(H,24,25,27). The van der Waals surface area contributed by atoms with Crippen LogP contribution < -0.4 is 10.1 Å². The highest BCUT2D eigenvalue weighted by Crippen LogP contribution is 2.30. The number of benzene rings is 2. The lowest BCUT2D eigenvalue weighted by Gasteiger charge is -2.15. The van der Waals surface area contributed by atoms with Gasteiger partial charge in [0.25, 0.3) is 0 Å². The van der Waals surface area contributed by atoms with E-state index in [1.165, 1.54) is 23.9 Å². The van der Waals surface area contributed by atoms with Crippen molar-refractivity contribution in [3.05, 3.63) is 65.2 Å². The Labute approximate surface area is 170 Å². The zero-order valence-electron chi connectivity index (χ0n) is 15.5. The van der Waals surface area contributed by atoms with Crippen LogP contribution in [0.25, 0.3) is 0 Å². The molecule has 0 spiro atoms. The van der Waals surface area contributed by atoms with E-state index in [0.29, 0.717) is 24.1 Å². The van der Waals surface area contributed by atoms with E-state index in [9.17, 15) is 27.9 Å². The van der Waals surface area contributed by atoms with Crippen LogP contribution in [0.15, 0.2) is 48.5 Å². The van der Waals surface area contributed by atoms with Crippen molar-refractivity contribution in [2.75, 3.05) is 12.9 Å². The van der Waals surface area contributed by atoms with Crippen LogP contribution in [0.2, 0.25) is 0 Å². The van der Waals surface area contributed by atoms with E-state index < -0.39 is 23.1 Å². The number of halogens is 3. The van der Waals surface area contributed by atoms with Gasteiger partial charge in [0.15, 0.2) is 0 Å². The number of rotatable bonds is 9. The van der Waals surface area contributed by atoms with Crippen LogP contribution in [-0.2, 0) is 22.2 Å². The molecule has 2 aromatic rings. The van der Waals surface area contributed by atoms with Gasteiger partial charge in [0.2, 0.25) is 12.3 Å². The molecule has 2 unspecified atom stereocenters. The average Bonchev–Trinajstić information content (AvgIpc) is 2.70. The minimum absolute atomic E-state index is 0.125. The largest absolute Gasteiger partial charge is 0.491 e. The topological polar surface area (TPSA) is 75.6 Å². The fourth-order valence-corrected chi connectivity index (χ4v) is 3.18. The van der Waals surface area contributed by atoms with E-state index in [1.807, 2.05) is 0 Å². The van der Waals surface area contributed by atoms with E-state index in [1.54, 1.807) is 30.5 Å². The summed E-state index contributed by atoms with van der Waals surface area (Å²) in [5, 5.41) is 11.8. The predicted octanol–water partition coefficient (Wildman–Crippen LogP) is 3.36. The van der Waals surface area contributed by atoms with E-state index in [-0.39, 0.29) is 12.5 Å². The molecular formula is C20H20F3NO4S. The predicted molar refractivity (Wildman–Crippen MR) is 104 cm³/mol. The highest BCUT2D eigenvalue weighted by Gasteiger charge is 2.30. The Kier molecular flexibility index (Phi) is 8.10. The number of thioether (sulfide) groups is 1. The van der Waals surface area contributed by atoms with Crippen molar-refractivity contribution in [2.24, 2.45) is 0 Å². The van der Waals surface area contributed by atoms with Crippen LogP contribution in [0.1, 0.15) is 22.8 Å². The summed E-state index contributed by atoms with van der Waals surface area (Å²) >= 11 is 1.33. The lowest BCUT2D eigenvalue weighted by Crippen LogP contribution is -2.32. The van der Waals surface area contributed by atoms with Crippen LogP contribution in [-0.4, -0.2) is 35.5 Å². The highest BCUT2D eigenvalue weighted by molar-refractivity contribution is 7.99. The van der Waals surface area contributed by atoms with Crippen LogP contribution in [0, 0.1) is 0 Å². The number of imide groups is 1. The van der Waals surface area contributed by atoms with Gasteiger partial charge >= 0.3 is 6.18 Å². The molecule has 0 bridgehead atoms. The number of aliphatic hydroxyl groups excluding tert-OH is 1. The first-order valence-electron chi connectivity index (χ1n) is 8.58. The van der Waals surface area contributed by atoms with Gasteiger partial charge in [0.1, 0.15) is 18.5 Å². The summed E-state index contributed by atoms with van der Waals surface area (Å²) in [6.07, 6.45) is -2.95. The second kappa shape index (κ2) is 10.3. The maximum atomic E-state index is 12.6. The third-order valence-corrected chi connectivity index (χ3v) is 5.10. The average molecular weight is 427 g/mol. The molecule has 29 heavy (non-hydrogen) atoms. The van der Waals surface area contributed by atoms with Crippen molar-refractivity contribution in [3.8, 4) is 5.75 Å². The number of carbonyl (C=O) groups excluding carboxylic acids is 2. The van der Waals surface area contributed by atoms with E-state index in [2.05, 4.69) is 5.32 Å². The number of hydrogen-bond donors (Lipinski definition) is 2. The molecule has 2 amide bonds. The van der Waals surface area contributed by atoms with Gasteiger partial charge in [0.05, 0.1) is 10.8 Å². The Balaban J connectivity index is 1.91. The fraction of sp³-hybridized carbons (Fsp3) is 0.300. The molecule has 0 aliphatic heterocycles. The van der Waals surface area contributed by atoms with Gasteiger partial charge in [-0.3, -0.25) is 14.9 Å². The Hall–Kier alpha value is -2.52. The Bertz CT molecular complexity index is 810. The lowest BCUT2D eigenvalue weighted by molar-refractivity contribution is -0.137. The third kappa shape index (κ3) is 6.79. The number of aliphatic hydroxyl groups is 1. The smallest absolute Gasteiger partial charge is 0.416 e. The van der Waals surface area contributed by atoms with E-state index >= 15 is 0 Å². The van der Waals surface area contributed by atoms with Crippen molar-refractivity contribution >= 4 is 24.1 Å². The monoisotopic (exact) mass is 427 g/mol. The summed E-state index contributed by atoms with van der Waals surface area (Å²) < 4.78 is 43.2. The van der Waals surface area contributed by atoms with Crippen molar-refractivity contribution in [2.45, 2.75) is 24.0 Å². The molecule has 156 valence electrons. The Morgan fingerprint density at radius 3 is 2.31 bits per heavy atom. The number of amides is 2. The minimum atomic E-state index is -4.43. The summed E-state index contributed by atoms with van der Waals surface area (Å²) in [6.45, 7) is -0.125. The molecule has 0 aliphatic carbocycles. The molecular weight excluding hydrogens is 407 g/mol. The minimum Gasteiger partial charge on any atom is -0.491 e. The molecule has 5 nitrogen and oxygen atoms in total. The van der Waals surface area contributed by atoms with Gasteiger partial charge in [-0.25, -0.2) is 0 Å². The number of carbonyl (C=O) groups is 2. The summed E-state index contributed by atoms with van der Waals surface area (Å²) in [7, 11) is 0. The first-order valence-corrected chi connectivity index (χ1v) is 9.87. The Morgan fingerprint density at radius 1 is 1.17 bits per heavy atom. The first kappa shape index (κ1) is 22.8. The SMILES string of the molecule is CSC(Cc1ccc(OCC(O)c2ccc(C(F)(F)F)cc2)cc1)C(=O)NC=O. The number of hydrogen-bond acceptors (Lipinski definition) is 5. The van der Waals surface area contributed by atoms with E-state index in [0.717, 1.165) is 17.7 Å². The lowest BCUT2D eigenvalue weighted by atomic mass is 10.1. The molecule has 0 saturated carbocycles. The van der Waals surface area contributed by atoms with Crippen molar-refractivity contribution in [3.63, 3.8) is 0 Å². The summed E-state index contributed by atoms with van der Waals surface area (Å²) in [6, 6.07) is 11.1. The van der Waals surface area contributed by atoms with Crippen molar-refractivity contribution in [1.29, 1.82) is 0 Å². The Morgan fingerprint density at radius 2 is 1.79 bits per heavy atom. The van der Waals surface area contributed by atoms with Gasteiger partial charge in [-0.05, 0) is 48.1 Å². The summed E-state index contributed by atoms with van der Waals surface area (Å²) in [5.41, 5.74) is 0.398. The third-order valence-electron chi connectivity index (χ3n) is 4.15. The molecule has 2 N–H and O–H groups in total. The van der Waals surface area contributed by atoms with Crippen molar-refractivity contribution in [1.82, 2.24) is 5.32 Å². The molecule has 0 heterocycles. The molecule has 9 heteroatoms. The first-order chi connectivity index (χ1) is 13.7. The van der Waals surface area contributed by atoms with Gasteiger partial charge in [-0.1, -0.05) is 24.3 Å². The molecule has 2 rings (SSSR count). The normalized spacial score (nSPS) is 13.4. The molecule has 2 aromatic carbocycles. The van der Waals surface area contributed by atoms with Gasteiger partial charge in [0, 0.05) is 0 Å². The summed E-state index contributed by atoms with van der Waals surface area (Å²) in [5.74, 6) is 0.102. The quantitative estimate of drug-likeness (QED) is 0.601. The van der Waals surface area contributed by atoms with Gasteiger partial charge in [-0.15, -0.1) is 0 Å². The van der Waals surface area contributed by atoms with Crippen LogP contribution in [0.3, 0.4) is 0 Å². The maximum Gasteiger partial charge on any atom is 0.416 e. The van der Waals surface area contributed by atoms with Crippen LogP contribution >= 0.6 is 11.8 Å². The summed E-state index contributed by atoms with van der Waals surface area (Å²) in [4.78, 5) is 22.2. The van der Waals surface area contributed by atoms with Crippen molar-refractivity contribution < 1.29 is 32.6 Å².